The van der Waals surface area contributed by atoms with Crippen molar-refractivity contribution in [2.75, 3.05) is 44.7 Å². The van der Waals surface area contributed by atoms with Crippen LogP contribution >= 0.6 is 0 Å². The lowest BCUT2D eigenvalue weighted by molar-refractivity contribution is 0.0229. The summed E-state index contributed by atoms with van der Waals surface area (Å²) in [5.74, 6) is 0. The second-order valence-electron chi connectivity index (χ2n) is 7.18. The number of piperidine rings is 1. The highest BCUT2D eigenvalue weighted by atomic mass is 16.5. The molecule has 144 valence electrons. The molecule has 0 unspecified atom stereocenters. The first-order valence-electron chi connectivity index (χ1n) is 9.60. The van der Waals surface area contributed by atoms with Gasteiger partial charge in [0, 0.05) is 44.0 Å². The van der Waals surface area contributed by atoms with Crippen molar-refractivity contribution in [1.29, 1.82) is 0 Å². The van der Waals surface area contributed by atoms with E-state index >= 15 is 0 Å². The Kier molecular flexibility index (Phi) is 5.40. The third-order valence-corrected chi connectivity index (χ3v) is 5.37. The molecule has 2 aliphatic rings. The Bertz CT molecular complexity index is 860. The Morgan fingerprint density at radius 1 is 1.15 bits per heavy atom. The first-order chi connectivity index (χ1) is 13.2. The van der Waals surface area contributed by atoms with Crippen molar-refractivity contribution < 1.29 is 13.9 Å². The van der Waals surface area contributed by atoms with Crippen LogP contribution in [-0.2, 0) is 4.74 Å². The molecule has 0 aliphatic carbocycles. The normalized spacial score (nSPS) is 21.3. The molecule has 2 aromatic rings. The van der Waals surface area contributed by atoms with Gasteiger partial charge in [-0.15, -0.1) is 0 Å². The monoisotopic (exact) mass is 371 g/mol. The Labute approximate surface area is 157 Å². The molecule has 2 fully saturated rings. The number of likely N-dealkylation sites (tertiary alicyclic amines) is 1. The van der Waals surface area contributed by atoms with Crippen molar-refractivity contribution in [2.24, 2.45) is 0 Å². The third kappa shape index (κ3) is 4.14. The standard InChI is InChI=1S/C20H25N3O4/c24-18-6-10-27-19-5-4-15(13-17(18)19)21-20(25)23-7-2-1-3-16(23)14-22-8-11-26-12-9-22/h4-6,10,13,16H,1-3,7-9,11-12,14H2,(H,21,25)/t16-/m1/s1. The van der Waals surface area contributed by atoms with E-state index in [0.717, 1.165) is 58.7 Å². The summed E-state index contributed by atoms with van der Waals surface area (Å²) < 4.78 is 10.8. The van der Waals surface area contributed by atoms with Crippen LogP contribution in [0.15, 0.2) is 39.7 Å². The highest BCUT2D eigenvalue weighted by molar-refractivity contribution is 5.92. The number of ether oxygens (including phenoxy) is 1. The fraction of sp³-hybridized carbons (Fsp3) is 0.500. The number of morpholine rings is 1. The summed E-state index contributed by atoms with van der Waals surface area (Å²) in [6.07, 6.45) is 4.57. The van der Waals surface area contributed by atoms with Gasteiger partial charge < -0.3 is 19.4 Å². The molecule has 1 N–H and O–H groups in total. The Morgan fingerprint density at radius 3 is 2.85 bits per heavy atom. The zero-order chi connectivity index (χ0) is 18.6. The number of anilines is 1. The number of urea groups is 1. The summed E-state index contributed by atoms with van der Waals surface area (Å²) in [5.41, 5.74) is 1.01. The molecular formula is C20H25N3O4. The van der Waals surface area contributed by atoms with Crippen LogP contribution < -0.4 is 10.7 Å². The third-order valence-electron chi connectivity index (χ3n) is 5.37. The zero-order valence-corrected chi connectivity index (χ0v) is 15.4. The molecular weight excluding hydrogens is 346 g/mol. The average Bonchev–Trinajstić information content (AvgIpc) is 2.70. The molecule has 1 atom stereocenters. The molecule has 3 heterocycles. The topological polar surface area (TPSA) is 75.0 Å². The molecule has 7 nitrogen and oxygen atoms in total. The number of nitrogens with one attached hydrogen (secondary N) is 1. The van der Waals surface area contributed by atoms with Crippen molar-refractivity contribution in [1.82, 2.24) is 9.80 Å². The van der Waals surface area contributed by atoms with Gasteiger partial charge in [-0.3, -0.25) is 9.69 Å². The lowest BCUT2D eigenvalue weighted by Gasteiger charge is -2.39. The average molecular weight is 371 g/mol. The SMILES string of the molecule is O=C(Nc1ccc2occc(=O)c2c1)N1CCCC[C@@H]1CN1CCOCC1. The summed E-state index contributed by atoms with van der Waals surface area (Å²) in [6.45, 7) is 5.02. The fourth-order valence-corrected chi connectivity index (χ4v) is 3.90. The van der Waals surface area contributed by atoms with Gasteiger partial charge in [0.25, 0.3) is 0 Å². The largest absolute Gasteiger partial charge is 0.464 e. The Hall–Kier alpha value is -2.38. The zero-order valence-electron chi connectivity index (χ0n) is 15.4. The van der Waals surface area contributed by atoms with E-state index in [-0.39, 0.29) is 17.5 Å². The van der Waals surface area contributed by atoms with E-state index in [0.29, 0.717) is 16.7 Å². The van der Waals surface area contributed by atoms with Crippen molar-refractivity contribution in [2.45, 2.75) is 25.3 Å². The van der Waals surface area contributed by atoms with Gasteiger partial charge in [0.05, 0.1) is 24.9 Å². The van der Waals surface area contributed by atoms with Gasteiger partial charge in [-0.05, 0) is 37.5 Å². The molecule has 0 radical (unpaired) electrons. The predicted octanol–water partition coefficient (Wildman–Crippen LogP) is 2.51. The smallest absolute Gasteiger partial charge is 0.322 e. The summed E-state index contributed by atoms with van der Waals surface area (Å²) in [6, 6.07) is 6.66. The van der Waals surface area contributed by atoms with Crippen LogP contribution in [0.25, 0.3) is 11.0 Å². The Morgan fingerprint density at radius 2 is 2.00 bits per heavy atom. The number of carbonyl (C=O) groups is 1. The second-order valence-corrected chi connectivity index (χ2v) is 7.18. The van der Waals surface area contributed by atoms with Crippen molar-refractivity contribution in [3.05, 3.63) is 40.8 Å². The molecule has 2 aliphatic heterocycles. The minimum atomic E-state index is -0.115. The van der Waals surface area contributed by atoms with Crippen LogP contribution in [0.4, 0.5) is 10.5 Å². The van der Waals surface area contributed by atoms with Crippen molar-refractivity contribution >= 4 is 22.7 Å². The molecule has 0 saturated carbocycles. The van der Waals surface area contributed by atoms with E-state index < -0.39 is 0 Å². The quantitative estimate of drug-likeness (QED) is 0.897. The molecule has 4 rings (SSSR count). The second kappa shape index (κ2) is 8.10. The molecule has 1 aromatic heterocycles. The number of fused-ring (bicyclic) bond motifs is 1. The summed E-state index contributed by atoms with van der Waals surface area (Å²) in [7, 11) is 0. The summed E-state index contributed by atoms with van der Waals surface area (Å²) in [4.78, 5) is 29.2. The lowest BCUT2D eigenvalue weighted by Crippen LogP contribution is -2.52. The van der Waals surface area contributed by atoms with E-state index in [1.165, 1.54) is 12.3 Å². The van der Waals surface area contributed by atoms with Gasteiger partial charge in [-0.2, -0.15) is 0 Å². The molecule has 2 saturated heterocycles. The van der Waals surface area contributed by atoms with Crippen LogP contribution in [0.5, 0.6) is 0 Å². The van der Waals surface area contributed by atoms with Gasteiger partial charge in [-0.1, -0.05) is 0 Å². The first kappa shape index (κ1) is 18.0. The highest BCUT2D eigenvalue weighted by Gasteiger charge is 2.29. The Balaban J connectivity index is 1.47. The number of nitrogens with zero attached hydrogens (tertiary/aromatic N) is 2. The maximum atomic E-state index is 12.9. The van der Waals surface area contributed by atoms with Gasteiger partial charge >= 0.3 is 6.03 Å². The molecule has 27 heavy (non-hydrogen) atoms. The van der Waals surface area contributed by atoms with Gasteiger partial charge in [0.2, 0.25) is 0 Å². The maximum Gasteiger partial charge on any atom is 0.322 e. The van der Waals surface area contributed by atoms with Crippen molar-refractivity contribution in [3.63, 3.8) is 0 Å². The maximum absolute atomic E-state index is 12.9. The number of rotatable bonds is 3. The predicted molar refractivity (Wildman–Crippen MR) is 103 cm³/mol. The van der Waals surface area contributed by atoms with Crippen molar-refractivity contribution in [3.8, 4) is 0 Å². The summed E-state index contributed by atoms with van der Waals surface area (Å²) in [5, 5.41) is 3.43. The van der Waals surface area contributed by atoms with Crippen LogP contribution in [0.2, 0.25) is 0 Å². The van der Waals surface area contributed by atoms with E-state index in [4.69, 9.17) is 9.15 Å². The molecule has 7 heteroatoms. The number of hydrogen-bond donors (Lipinski definition) is 1. The fourth-order valence-electron chi connectivity index (χ4n) is 3.90. The van der Waals surface area contributed by atoms with E-state index in [9.17, 15) is 9.59 Å². The number of amides is 2. The lowest BCUT2D eigenvalue weighted by atomic mass is 10.0. The molecule has 0 spiro atoms. The van der Waals surface area contributed by atoms with Crippen LogP contribution in [0.3, 0.4) is 0 Å². The first-order valence-corrected chi connectivity index (χ1v) is 9.60. The molecule has 2 amide bonds. The molecule has 1 aromatic carbocycles. The van der Waals surface area contributed by atoms with Crippen LogP contribution in [-0.4, -0.2) is 61.3 Å². The molecule has 0 bridgehead atoms. The van der Waals surface area contributed by atoms with E-state index in [1.807, 2.05) is 4.90 Å². The minimum Gasteiger partial charge on any atom is -0.464 e. The van der Waals surface area contributed by atoms with Gasteiger partial charge in [-0.25, -0.2) is 4.79 Å². The highest BCUT2D eigenvalue weighted by Crippen LogP contribution is 2.21. The number of benzene rings is 1. The van der Waals surface area contributed by atoms with E-state index in [1.54, 1.807) is 18.2 Å². The summed E-state index contributed by atoms with van der Waals surface area (Å²) >= 11 is 0. The van der Waals surface area contributed by atoms with Crippen LogP contribution in [0.1, 0.15) is 19.3 Å². The minimum absolute atomic E-state index is 0.104. The van der Waals surface area contributed by atoms with Gasteiger partial charge in [0.1, 0.15) is 5.58 Å². The number of hydrogen-bond acceptors (Lipinski definition) is 5. The van der Waals surface area contributed by atoms with Gasteiger partial charge in [0.15, 0.2) is 5.43 Å². The van der Waals surface area contributed by atoms with Crippen LogP contribution in [0, 0.1) is 0 Å². The number of carbonyl (C=O) groups excluding carboxylic acids is 1. The van der Waals surface area contributed by atoms with E-state index in [2.05, 4.69) is 10.2 Å².